The van der Waals surface area contributed by atoms with Crippen molar-refractivity contribution in [2.45, 2.75) is 39.2 Å². The molecule has 4 nitrogen and oxygen atoms in total. The topological polar surface area (TPSA) is 50.4 Å². The van der Waals surface area contributed by atoms with E-state index in [4.69, 9.17) is 0 Å². The smallest absolute Gasteiger partial charge is 0.0903 e. The monoisotopic (exact) mass is 259 g/mol. The van der Waals surface area contributed by atoms with Crippen molar-refractivity contribution in [1.82, 2.24) is 14.6 Å². The second-order valence-electron chi connectivity index (χ2n) is 6.13. The zero-order chi connectivity index (χ0) is 13.4. The lowest BCUT2D eigenvalue weighted by Crippen LogP contribution is -2.24. The van der Waals surface area contributed by atoms with Crippen molar-refractivity contribution >= 4 is 5.52 Å². The summed E-state index contributed by atoms with van der Waals surface area (Å²) in [6, 6.07) is 0. The number of hydrogen-bond donors (Lipinski definition) is 1. The molecule has 0 spiro atoms. The van der Waals surface area contributed by atoms with Gasteiger partial charge in [-0.25, -0.2) is 4.52 Å². The highest BCUT2D eigenvalue weighted by Gasteiger charge is 2.31. The van der Waals surface area contributed by atoms with Gasteiger partial charge in [0.25, 0.3) is 0 Å². The number of fused-ring (bicyclic) bond motifs is 1. The van der Waals surface area contributed by atoms with Crippen LogP contribution in [0.4, 0.5) is 0 Å². The predicted octanol–water partition coefficient (Wildman–Crippen LogP) is 2.84. The lowest BCUT2D eigenvalue weighted by molar-refractivity contribution is 0.0561. The van der Waals surface area contributed by atoms with Crippen molar-refractivity contribution in [2.75, 3.05) is 0 Å². The number of nitrogens with zero attached hydrogens (tertiary/aromatic N) is 3. The van der Waals surface area contributed by atoms with Gasteiger partial charge in [-0.15, -0.1) is 0 Å². The number of rotatable bonds is 2. The first-order valence-corrected chi connectivity index (χ1v) is 7.10. The molecule has 0 saturated heterocycles. The molecule has 4 heteroatoms. The minimum atomic E-state index is -0.424. The van der Waals surface area contributed by atoms with Gasteiger partial charge >= 0.3 is 0 Å². The quantitative estimate of drug-likeness (QED) is 0.902. The lowest BCUT2D eigenvalue weighted by Gasteiger charge is -2.34. The largest absolute Gasteiger partial charge is 0.388 e. The van der Waals surface area contributed by atoms with Gasteiger partial charge in [-0.1, -0.05) is 13.8 Å². The number of aliphatic hydroxyl groups is 1. The van der Waals surface area contributed by atoms with Crippen LogP contribution in [-0.2, 0) is 0 Å². The van der Waals surface area contributed by atoms with Crippen molar-refractivity contribution in [3.8, 4) is 0 Å². The van der Waals surface area contributed by atoms with Crippen molar-refractivity contribution in [3.05, 3.63) is 30.4 Å². The van der Waals surface area contributed by atoms with Crippen LogP contribution in [0.2, 0.25) is 0 Å². The van der Waals surface area contributed by atoms with Gasteiger partial charge in [0.2, 0.25) is 0 Å². The highest BCUT2D eigenvalue weighted by Crippen LogP contribution is 2.40. The van der Waals surface area contributed by atoms with Gasteiger partial charge in [-0.05, 0) is 37.0 Å². The molecule has 1 saturated carbocycles. The molecule has 0 bridgehead atoms. The van der Waals surface area contributed by atoms with Gasteiger partial charge < -0.3 is 5.11 Å². The highest BCUT2D eigenvalue weighted by atomic mass is 16.3. The average Bonchev–Trinajstić information content (AvgIpc) is 2.80. The van der Waals surface area contributed by atoms with Crippen LogP contribution in [0.5, 0.6) is 0 Å². The molecule has 3 rings (SSSR count). The molecular formula is C15H21N3O. The van der Waals surface area contributed by atoms with Crippen molar-refractivity contribution in [2.24, 2.45) is 17.8 Å². The summed E-state index contributed by atoms with van der Waals surface area (Å²) in [6.45, 7) is 4.57. The fourth-order valence-corrected chi connectivity index (χ4v) is 3.60. The van der Waals surface area contributed by atoms with Crippen molar-refractivity contribution in [3.63, 3.8) is 0 Å². The molecule has 1 aliphatic carbocycles. The summed E-state index contributed by atoms with van der Waals surface area (Å²) in [5.74, 6) is 1.73. The maximum atomic E-state index is 10.7. The van der Waals surface area contributed by atoms with E-state index in [1.165, 1.54) is 6.42 Å². The summed E-state index contributed by atoms with van der Waals surface area (Å²) < 4.78 is 1.78. The van der Waals surface area contributed by atoms with Gasteiger partial charge in [0.15, 0.2) is 0 Å². The SMILES string of the molecule is CC1CC(C)CC(C(O)c2cnn3ccncc23)C1. The Morgan fingerprint density at radius 1 is 1.21 bits per heavy atom. The third kappa shape index (κ3) is 2.37. The maximum absolute atomic E-state index is 10.7. The molecule has 2 aromatic rings. The normalized spacial score (nSPS) is 29.5. The summed E-state index contributed by atoms with van der Waals surface area (Å²) in [5.41, 5.74) is 1.83. The minimum absolute atomic E-state index is 0.340. The lowest BCUT2D eigenvalue weighted by atomic mass is 9.73. The van der Waals surface area contributed by atoms with Gasteiger partial charge in [0.1, 0.15) is 0 Å². The zero-order valence-corrected chi connectivity index (χ0v) is 11.5. The van der Waals surface area contributed by atoms with Crippen LogP contribution in [-0.4, -0.2) is 19.7 Å². The molecular weight excluding hydrogens is 238 g/mol. The Bertz CT molecular complexity index is 555. The van der Waals surface area contributed by atoms with E-state index in [0.717, 1.165) is 23.9 Å². The molecule has 1 fully saturated rings. The molecule has 3 unspecified atom stereocenters. The number of aliphatic hydroxyl groups excluding tert-OH is 1. The van der Waals surface area contributed by atoms with Crippen molar-refractivity contribution < 1.29 is 5.11 Å². The van der Waals surface area contributed by atoms with Crippen LogP contribution in [0, 0.1) is 17.8 Å². The molecule has 2 heterocycles. The Hall–Kier alpha value is -1.42. The van der Waals surface area contributed by atoms with Crippen LogP contribution in [0.25, 0.3) is 5.52 Å². The fraction of sp³-hybridized carbons (Fsp3) is 0.600. The van der Waals surface area contributed by atoms with Gasteiger partial charge in [0.05, 0.1) is 24.0 Å². The molecule has 2 aromatic heterocycles. The Kier molecular flexibility index (Phi) is 3.27. The molecule has 1 N–H and O–H groups in total. The number of aromatic nitrogens is 3. The van der Waals surface area contributed by atoms with E-state index in [9.17, 15) is 5.11 Å². The Labute approximate surface area is 113 Å². The molecule has 0 radical (unpaired) electrons. The third-order valence-electron chi connectivity index (χ3n) is 4.33. The van der Waals surface area contributed by atoms with Crippen molar-refractivity contribution in [1.29, 1.82) is 0 Å². The summed E-state index contributed by atoms with van der Waals surface area (Å²) in [4.78, 5) is 4.13. The number of hydrogen-bond acceptors (Lipinski definition) is 3. The zero-order valence-electron chi connectivity index (χ0n) is 11.5. The van der Waals surface area contributed by atoms with E-state index in [0.29, 0.717) is 17.8 Å². The summed E-state index contributed by atoms with van der Waals surface area (Å²) in [5, 5.41) is 15.0. The Morgan fingerprint density at radius 3 is 2.68 bits per heavy atom. The predicted molar refractivity (Wildman–Crippen MR) is 73.6 cm³/mol. The van der Waals surface area contributed by atoms with Crippen LogP contribution < -0.4 is 0 Å². The minimum Gasteiger partial charge on any atom is -0.388 e. The highest BCUT2D eigenvalue weighted by molar-refractivity contribution is 5.52. The van der Waals surface area contributed by atoms with E-state index in [1.807, 2.05) is 6.20 Å². The van der Waals surface area contributed by atoms with Gasteiger partial charge in [-0.2, -0.15) is 5.10 Å². The van der Waals surface area contributed by atoms with E-state index < -0.39 is 6.10 Å². The summed E-state index contributed by atoms with van der Waals surface area (Å²) >= 11 is 0. The van der Waals surface area contributed by atoms with E-state index in [2.05, 4.69) is 23.9 Å². The fourth-order valence-electron chi connectivity index (χ4n) is 3.60. The second kappa shape index (κ2) is 4.93. The standard InChI is InChI=1S/C15H21N3O/c1-10-5-11(2)7-12(6-10)15(19)13-8-17-18-4-3-16-9-14(13)18/h3-4,8-12,15,19H,5-7H2,1-2H3. The van der Waals surface area contributed by atoms with Crippen LogP contribution in [0.3, 0.4) is 0 Å². The molecule has 3 atom stereocenters. The Morgan fingerprint density at radius 2 is 1.95 bits per heavy atom. The van der Waals surface area contributed by atoms with Crippen LogP contribution in [0.1, 0.15) is 44.8 Å². The first-order chi connectivity index (χ1) is 9.15. The molecule has 0 amide bonds. The maximum Gasteiger partial charge on any atom is 0.0903 e. The third-order valence-corrected chi connectivity index (χ3v) is 4.33. The Balaban J connectivity index is 1.89. The van der Waals surface area contributed by atoms with Crippen LogP contribution in [0.15, 0.2) is 24.8 Å². The van der Waals surface area contributed by atoms with E-state index in [-0.39, 0.29) is 0 Å². The summed E-state index contributed by atoms with van der Waals surface area (Å²) in [7, 11) is 0. The van der Waals surface area contributed by atoms with Gasteiger partial charge in [-0.3, -0.25) is 4.98 Å². The molecule has 0 aliphatic heterocycles. The molecule has 0 aromatic carbocycles. The van der Waals surface area contributed by atoms with Gasteiger partial charge in [0, 0.05) is 18.0 Å². The summed E-state index contributed by atoms with van der Waals surface area (Å²) in [6.07, 6.45) is 10.1. The molecule has 1 aliphatic rings. The second-order valence-corrected chi connectivity index (χ2v) is 6.13. The molecule has 102 valence electrons. The first kappa shape index (κ1) is 12.6. The van der Waals surface area contributed by atoms with E-state index >= 15 is 0 Å². The van der Waals surface area contributed by atoms with Crippen LogP contribution >= 0.6 is 0 Å². The van der Waals surface area contributed by atoms with E-state index in [1.54, 1.807) is 23.1 Å². The first-order valence-electron chi connectivity index (χ1n) is 7.10. The average molecular weight is 259 g/mol. The molecule has 19 heavy (non-hydrogen) atoms.